The van der Waals surface area contributed by atoms with Gasteiger partial charge in [0.05, 0.1) is 0 Å². The summed E-state index contributed by atoms with van der Waals surface area (Å²) in [5.74, 6) is 0.473. The van der Waals surface area contributed by atoms with Crippen molar-refractivity contribution in [1.82, 2.24) is 0 Å². The lowest BCUT2D eigenvalue weighted by molar-refractivity contribution is 0.625. The molecule has 11 rings (SSSR count). The molecule has 0 saturated heterocycles. The molecule has 1 aromatic heterocycles. The molecule has 0 atom stereocenters. The van der Waals surface area contributed by atoms with Crippen LogP contribution in [0, 0.1) is 5.82 Å². The Kier molecular flexibility index (Phi) is 9.05. The molecule has 0 spiro atoms. The van der Waals surface area contributed by atoms with Crippen molar-refractivity contribution in [3.8, 4) is 55.8 Å². The monoisotopic (exact) mass is 783 g/mol. The molecule has 3 heteroatoms. The van der Waals surface area contributed by atoms with E-state index in [2.05, 4.69) is 181 Å². The molecule has 0 fully saturated rings. The van der Waals surface area contributed by atoms with E-state index in [1.165, 1.54) is 28.3 Å². The smallest absolute Gasteiger partial charge is 0.144 e. The van der Waals surface area contributed by atoms with E-state index in [0.29, 0.717) is 5.58 Å². The minimum Gasteiger partial charge on any atom is -0.455 e. The number of halogens is 1. The van der Waals surface area contributed by atoms with Crippen molar-refractivity contribution < 1.29 is 8.81 Å². The number of rotatable bonds is 8. The van der Waals surface area contributed by atoms with Gasteiger partial charge < -0.3 is 9.32 Å². The van der Waals surface area contributed by atoms with Crippen LogP contribution in [0.25, 0.3) is 88.3 Å². The summed E-state index contributed by atoms with van der Waals surface area (Å²) in [7, 11) is 0. The quantitative estimate of drug-likeness (QED) is 0.143. The number of benzene rings is 10. The minimum absolute atomic E-state index is 0.294. The first-order valence-corrected chi connectivity index (χ1v) is 20.6. The zero-order valence-electron chi connectivity index (χ0n) is 33.2. The summed E-state index contributed by atoms with van der Waals surface area (Å²) in [6.45, 7) is 0. The molecule has 0 unspecified atom stereocenters. The Hall–Kier alpha value is -8.01. The average Bonchev–Trinajstić information content (AvgIpc) is 3.75. The molecule has 0 aliphatic heterocycles. The maximum atomic E-state index is 15.0. The second kappa shape index (κ2) is 15.3. The van der Waals surface area contributed by atoms with Crippen molar-refractivity contribution in [3.63, 3.8) is 0 Å². The Labute approximate surface area is 354 Å². The predicted molar refractivity (Wildman–Crippen MR) is 253 cm³/mol. The molecule has 61 heavy (non-hydrogen) atoms. The summed E-state index contributed by atoms with van der Waals surface area (Å²) in [5, 5.41) is 4.78. The van der Waals surface area contributed by atoms with Gasteiger partial charge in [0.25, 0.3) is 0 Å². The van der Waals surface area contributed by atoms with E-state index < -0.39 is 0 Å². The maximum absolute atomic E-state index is 15.0. The summed E-state index contributed by atoms with van der Waals surface area (Å²) in [4.78, 5) is 2.31. The van der Waals surface area contributed by atoms with Crippen molar-refractivity contribution >= 4 is 49.6 Å². The molecule has 0 saturated carbocycles. The molecule has 1 heterocycles. The van der Waals surface area contributed by atoms with Crippen molar-refractivity contribution in [2.24, 2.45) is 0 Å². The van der Waals surface area contributed by atoms with Crippen LogP contribution in [0.5, 0.6) is 0 Å². The lowest BCUT2D eigenvalue weighted by Crippen LogP contribution is -2.09. The fourth-order valence-corrected chi connectivity index (χ4v) is 8.77. The summed E-state index contributed by atoms with van der Waals surface area (Å²) >= 11 is 0. The zero-order valence-corrected chi connectivity index (χ0v) is 33.2. The van der Waals surface area contributed by atoms with Crippen LogP contribution in [0.3, 0.4) is 0 Å². The molecule has 0 amide bonds. The molecule has 0 bridgehead atoms. The third kappa shape index (κ3) is 6.63. The fourth-order valence-electron chi connectivity index (χ4n) is 8.77. The first-order valence-electron chi connectivity index (χ1n) is 20.6. The largest absolute Gasteiger partial charge is 0.455 e. The van der Waals surface area contributed by atoms with E-state index in [4.69, 9.17) is 4.42 Å². The first kappa shape index (κ1) is 36.1. The normalized spacial score (nSPS) is 11.4. The predicted octanol–water partition coefficient (Wildman–Crippen LogP) is 16.7. The number of fused-ring (bicyclic) bond motifs is 6. The number of nitrogens with zero attached hydrogens (tertiary/aromatic N) is 1. The topological polar surface area (TPSA) is 16.4 Å². The summed E-state index contributed by atoms with van der Waals surface area (Å²) in [6, 6.07) is 79.6. The van der Waals surface area contributed by atoms with E-state index >= 15 is 4.39 Å². The Balaban J connectivity index is 1.05. The van der Waals surface area contributed by atoms with Gasteiger partial charge in [0.2, 0.25) is 0 Å². The van der Waals surface area contributed by atoms with Crippen molar-refractivity contribution in [3.05, 3.63) is 236 Å². The Morgan fingerprint density at radius 2 is 0.705 bits per heavy atom. The molecule has 0 N–H and O–H groups in total. The third-order valence-corrected chi connectivity index (χ3v) is 11.7. The van der Waals surface area contributed by atoms with E-state index in [9.17, 15) is 0 Å². The molecule has 288 valence electrons. The van der Waals surface area contributed by atoms with Crippen molar-refractivity contribution in [2.75, 3.05) is 4.90 Å². The van der Waals surface area contributed by atoms with Gasteiger partial charge in [-0.1, -0.05) is 176 Å². The number of furan rings is 1. The zero-order chi connectivity index (χ0) is 40.7. The SMILES string of the molecule is Fc1ccc2c3ccc(-c4ccc(N(c5ccc(-c6ccccc6)cc5)c5ccc(-c6ccccc6)cc5)cc4)cc3c3c(-c4ccccc4)c(-c4ccccc4)oc3c2c1. The van der Waals surface area contributed by atoms with Crippen LogP contribution in [0.4, 0.5) is 21.5 Å². The highest BCUT2D eigenvalue weighted by atomic mass is 19.1. The second-order valence-corrected chi connectivity index (χ2v) is 15.4. The van der Waals surface area contributed by atoms with Gasteiger partial charge in [-0.3, -0.25) is 0 Å². The molecule has 0 aliphatic rings. The van der Waals surface area contributed by atoms with E-state index in [1.54, 1.807) is 6.07 Å². The van der Waals surface area contributed by atoms with Gasteiger partial charge in [0.1, 0.15) is 17.2 Å². The van der Waals surface area contributed by atoms with Crippen LogP contribution in [0.15, 0.2) is 235 Å². The Morgan fingerprint density at radius 3 is 1.21 bits per heavy atom. The highest BCUT2D eigenvalue weighted by molar-refractivity contribution is 6.29. The summed E-state index contributed by atoms with van der Waals surface area (Å²) < 4.78 is 21.9. The Morgan fingerprint density at radius 1 is 0.311 bits per heavy atom. The van der Waals surface area contributed by atoms with Gasteiger partial charge in [-0.05, 0) is 110 Å². The third-order valence-electron chi connectivity index (χ3n) is 11.7. The van der Waals surface area contributed by atoms with E-state index in [0.717, 1.165) is 77.6 Å². The molecule has 2 nitrogen and oxygen atoms in total. The van der Waals surface area contributed by atoms with Crippen LogP contribution in [0.2, 0.25) is 0 Å². The minimum atomic E-state index is -0.294. The molecule has 10 aromatic carbocycles. The molecule has 11 aromatic rings. The number of hydrogen-bond donors (Lipinski definition) is 0. The van der Waals surface area contributed by atoms with E-state index in [1.807, 2.05) is 42.5 Å². The lowest BCUT2D eigenvalue weighted by atomic mass is 9.90. The van der Waals surface area contributed by atoms with Crippen molar-refractivity contribution in [2.45, 2.75) is 0 Å². The van der Waals surface area contributed by atoms with Crippen LogP contribution in [-0.4, -0.2) is 0 Å². The average molecular weight is 784 g/mol. The van der Waals surface area contributed by atoms with Crippen molar-refractivity contribution in [1.29, 1.82) is 0 Å². The van der Waals surface area contributed by atoms with Gasteiger partial charge in [-0.2, -0.15) is 0 Å². The van der Waals surface area contributed by atoms with Gasteiger partial charge in [0.15, 0.2) is 0 Å². The van der Waals surface area contributed by atoms with Gasteiger partial charge in [-0.25, -0.2) is 4.39 Å². The van der Waals surface area contributed by atoms with Crippen LogP contribution >= 0.6 is 0 Å². The summed E-state index contributed by atoms with van der Waals surface area (Å²) in [5.41, 5.74) is 13.8. The van der Waals surface area contributed by atoms with Crippen LogP contribution in [0.1, 0.15) is 0 Å². The lowest BCUT2D eigenvalue weighted by Gasteiger charge is -2.26. The van der Waals surface area contributed by atoms with Crippen LogP contribution < -0.4 is 4.90 Å². The van der Waals surface area contributed by atoms with Crippen LogP contribution in [-0.2, 0) is 0 Å². The highest BCUT2D eigenvalue weighted by Gasteiger charge is 2.23. The highest BCUT2D eigenvalue weighted by Crippen LogP contribution is 2.48. The maximum Gasteiger partial charge on any atom is 0.144 e. The van der Waals surface area contributed by atoms with Gasteiger partial charge >= 0.3 is 0 Å². The fraction of sp³-hybridized carbons (Fsp3) is 0. The van der Waals surface area contributed by atoms with E-state index in [-0.39, 0.29) is 5.82 Å². The summed E-state index contributed by atoms with van der Waals surface area (Å²) in [6.07, 6.45) is 0. The molecular formula is C58H38FNO. The standard InChI is InChI=1S/C58H38FNO/c59-47-28-36-52-51-35-27-46(37-53(51)56-55(44-17-9-3-10-18-44)57(45-19-11-4-12-20-45)61-58(56)54(52)38-47)43-25-33-50(34-26-43)60(48-29-21-41(22-30-48)39-13-5-1-6-14-39)49-31-23-42(24-32-49)40-15-7-2-8-16-40/h1-38H. The molecule has 0 aliphatic carbocycles. The second-order valence-electron chi connectivity index (χ2n) is 15.4. The number of anilines is 3. The molecule has 0 radical (unpaired) electrons. The Bertz CT molecular complexity index is 3220. The first-order chi connectivity index (χ1) is 30.2. The molecular weight excluding hydrogens is 746 g/mol. The van der Waals surface area contributed by atoms with Gasteiger partial charge in [0, 0.05) is 39.0 Å². The number of hydrogen-bond acceptors (Lipinski definition) is 2. The van der Waals surface area contributed by atoms with Gasteiger partial charge in [-0.15, -0.1) is 0 Å².